The van der Waals surface area contributed by atoms with Crippen molar-refractivity contribution in [1.82, 2.24) is 10.2 Å². The summed E-state index contributed by atoms with van der Waals surface area (Å²) in [5.41, 5.74) is 0.655. The monoisotopic (exact) mass is 149 g/mol. The molecular formula is C7H7N3O. The third kappa shape index (κ3) is 1.44. The molecule has 0 amide bonds. The lowest BCUT2D eigenvalue weighted by molar-refractivity contribution is 0.888. The number of nitrogens with zero attached hydrogens (tertiary/aromatic N) is 2. The molecule has 0 fully saturated rings. The Bertz CT molecular complexity index is 347. The molecule has 0 spiro atoms. The molecule has 0 aliphatic heterocycles. The fourth-order valence-corrected chi connectivity index (χ4v) is 0.796. The summed E-state index contributed by atoms with van der Waals surface area (Å²) in [6.45, 7) is 1.88. The SMILES string of the molecule is CCc1n[nH]c(=O)cc1C#N. The van der Waals surface area contributed by atoms with Gasteiger partial charge in [0.05, 0.1) is 11.3 Å². The zero-order chi connectivity index (χ0) is 8.27. The topological polar surface area (TPSA) is 69.5 Å². The van der Waals surface area contributed by atoms with E-state index in [1.165, 1.54) is 6.07 Å². The number of aromatic nitrogens is 2. The molecule has 0 atom stereocenters. The van der Waals surface area contributed by atoms with Crippen LogP contribution in [0, 0.1) is 11.3 Å². The average molecular weight is 149 g/mol. The van der Waals surface area contributed by atoms with Crippen LogP contribution in [0.3, 0.4) is 0 Å². The first-order valence-corrected chi connectivity index (χ1v) is 3.26. The smallest absolute Gasteiger partial charge is 0.265 e. The number of nitrogens with one attached hydrogen (secondary N) is 1. The number of hydrogen-bond donors (Lipinski definition) is 1. The Balaban J connectivity index is 3.30. The minimum absolute atomic E-state index is 0.334. The second-order valence-electron chi connectivity index (χ2n) is 2.06. The second-order valence-corrected chi connectivity index (χ2v) is 2.06. The molecule has 0 aromatic carbocycles. The standard InChI is InChI=1S/C7H7N3O/c1-2-6-5(4-8)3-7(11)10-9-6/h3H,2H2,1H3,(H,10,11). The predicted octanol–water partition coefficient (Wildman–Crippen LogP) is 0.204. The van der Waals surface area contributed by atoms with Crippen LogP contribution < -0.4 is 5.56 Å². The number of rotatable bonds is 1. The quantitative estimate of drug-likeness (QED) is 0.620. The molecule has 1 aromatic rings. The maximum atomic E-state index is 10.6. The van der Waals surface area contributed by atoms with Gasteiger partial charge in [-0.1, -0.05) is 6.92 Å². The molecule has 4 heteroatoms. The van der Waals surface area contributed by atoms with Crippen molar-refractivity contribution in [2.45, 2.75) is 13.3 Å². The van der Waals surface area contributed by atoms with Crippen LogP contribution in [0.1, 0.15) is 18.2 Å². The molecule has 0 unspecified atom stereocenters. The largest absolute Gasteiger partial charge is 0.268 e. The van der Waals surface area contributed by atoms with Crippen LogP contribution in [-0.4, -0.2) is 10.2 Å². The fourth-order valence-electron chi connectivity index (χ4n) is 0.796. The summed E-state index contributed by atoms with van der Waals surface area (Å²) in [7, 11) is 0. The molecule has 4 nitrogen and oxygen atoms in total. The van der Waals surface area contributed by atoms with Gasteiger partial charge in [0.25, 0.3) is 5.56 Å². The third-order valence-electron chi connectivity index (χ3n) is 1.34. The molecule has 1 N–H and O–H groups in total. The van der Waals surface area contributed by atoms with E-state index in [-0.39, 0.29) is 5.56 Å². The Hall–Kier alpha value is -1.63. The summed E-state index contributed by atoms with van der Waals surface area (Å²) < 4.78 is 0. The van der Waals surface area contributed by atoms with E-state index in [0.717, 1.165) is 0 Å². The Morgan fingerprint density at radius 2 is 2.55 bits per heavy atom. The minimum atomic E-state index is -0.334. The molecule has 0 radical (unpaired) electrons. The minimum Gasteiger partial charge on any atom is -0.268 e. The van der Waals surface area contributed by atoms with Crippen molar-refractivity contribution in [3.63, 3.8) is 0 Å². The number of hydrogen-bond acceptors (Lipinski definition) is 3. The van der Waals surface area contributed by atoms with Gasteiger partial charge in [0, 0.05) is 6.07 Å². The summed E-state index contributed by atoms with van der Waals surface area (Å²) in [6, 6.07) is 3.16. The Labute approximate surface area is 63.5 Å². The summed E-state index contributed by atoms with van der Waals surface area (Å²) >= 11 is 0. The lowest BCUT2D eigenvalue weighted by atomic mass is 10.2. The molecule has 56 valence electrons. The van der Waals surface area contributed by atoms with Gasteiger partial charge in [0.1, 0.15) is 6.07 Å². The summed E-state index contributed by atoms with van der Waals surface area (Å²) in [5, 5.41) is 14.5. The van der Waals surface area contributed by atoms with Crippen molar-refractivity contribution in [2.24, 2.45) is 0 Å². The summed E-state index contributed by atoms with van der Waals surface area (Å²) in [6.07, 6.45) is 0.652. The molecule has 0 saturated carbocycles. The molecule has 0 bridgehead atoms. The first-order valence-electron chi connectivity index (χ1n) is 3.26. The summed E-state index contributed by atoms with van der Waals surface area (Å²) in [4.78, 5) is 10.6. The number of H-pyrrole nitrogens is 1. The van der Waals surface area contributed by atoms with Gasteiger partial charge >= 0.3 is 0 Å². The van der Waals surface area contributed by atoms with Gasteiger partial charge in [-0.25, -0.2) is 5.10 Å². The first kappa shape index (κ1) is 7.48. The van der Waals surface area contributed by atoms with Gasteiger partial charge in [-0.05, 0) is 6.42 Å². The highest BCUT2D eigenvalue weighted by molar-refractivity contribution is 5.30. The molecule has 1 heterocycles. The van der Waals surface area contributed by atoms with Gasteiger partial charge in [0.2, 0.25) is 0 Å². The molecule has 0 aliphatic carbocycles. The molecule has 11 heavy (non-hydrogen) atoms. The molecule has 1 rings (SSSR count). The number of aromatic amines is 1. The maximum Gasteiger partial charge on any atom is 0.265 e. The van der Waals surface area contributed by atoms with E-state index in [1.807, 2.05) is 13.0 Å². The van der Waals surface area contributed by atoms with Crippen LogP contribution in [0.4, 0.5) is 0 Å². The average Bonchev–Trinajstić information content (AvgIpc) is 2.04. The highest BCUT2D eigenvalue weighted by Gasteiger charge is 2.00. The zero-order valence-corrected chi connectivity index (χ0v) is 6.09. The number of aryl methyl sites for hydroxylation is 1. The van der Waals surface area contributed by atoms with Crippen molar-refractivity contribution >= 4 is 0 Å². The van der Waals surface area contributed by atoms with Crippen molar-refractivity contribution in [3.8, 4) is 6.07 Å². The van der Waals surface area contributed by atoms with E-state index in [2.05, 4.69) is 10.2 Å². The Morgan fingerprint density at radius 1 is 1.82 bits per heavy atom. The Morgan fingerprint density at radius 3 is 3.09 bits per heavy atom. The molecule has 1 aromatic heterocycles. The highest BCUT2D eigenvalue weighted by atomic mass is 16.1. The zero-order valence-electron chi connectivity index (χ0n) is 6.09. The van der Waals surface area contributed by atoms with E-state index in [4.69, 9.17) is 5.26 Å². The number of nitriles is 1. The van der Waals surface area contributed by atoms with Crippen molar-refractivity contribution in [3.05, 3.63) is 27.7 Å². The van der Waals surface area contributed by atoms with Crippen molar-refractivity contribution in [2.75, 3.05) is 0 Å². The lowest BCUT2D eigenvalue weighted by Gasteiger charge is -1.94. The van der Waals surface area contributed by atoms with Gasteiger partial charge in [-0.3, -0.25) is 4.79 Å². The van der Waals surface area contributed by atoms with Crippen molar-refractivity contribution in [1.29, 1.82) is 5.26 Å². The maximum absolute atomic E-state index is 10.6. The van der Waals surface area contributed by atoms with Crippen LogP contribution >= 0.6 is 0 Å². The van der Waals surface area contributed by atoms with Crippen LogP contribution in [0.2, 0.25) is 0 Å². The first-order chi connectivity index (χ1) is 5.27. The van der Waals surface area contributed by atoms with Crippen molar-refractivity contribution < 1.29 is 0 Å². The summed E-state index contributed by atoms with van der Waals surface area (Å²) in [5.74, 6) is 0. The normalized spacial score (nSPS) is 9.09. The van der Waals surface area contributed by atoms with Gasteiger partial charge < -0.3 is 0 Å². The molecule has 0 saturated heterocycles. The van der Waals surface area contributed by atoms with E-state index in [9.17, 15) is 4.79 Å². The van der Waals surface area contributed by atoms with Gasteiger partial charge in [-0.15, -0.1) is 0 Å². The Kier molecular flexibility index (Phi) is 2.02. The van der Waals surface area contributed by atoms with Crippen LogP contribution in [0.25, 0.3) is 0 Å². The third-order valence-corrected chi connectivity index (χ3v) is 1.34. The lowest BCUT2D eigenvalue weighted by Crippen LogP contribution is -2.10. The van der Waals surface area contributed by atoms with E-state index < -0.39 is 0 Å². The van der Waals surface area contributed by atoms with E-state index in [0.29, 0.717) is 17.7 Å². The second kappa shape index (κ2) is 2.97. The van der Waals surface area contributed by atoms with Crippen LogP contribution in [0.15, 0.2) is 10.9 Å². The van der Waals surface area contributed by atoms with Crippen LogP contribution in [0.5, 0.6) is 0 Å². The fraction of sp³-hybridized carbons (Fsp3) is 0.286. The van der Waals surface area contributed by atoms with E-state index >= 15 is 0 Å². The van der Waals surface area contributed by atoms with Crippen LogP contribution in [-0.2, 0) is 6.42 Å². The molecule has 0 aliphatic rings. The molecular weight excluding hydrogens is 142 g/mol. The van der Waals surface area contributed by atoms with E-state index in [1.54, 1.807) is 0 Å². The van der Waals surface area contributed by atoms with Gasteiger partial charge in [0.15, 0.2) is 0 Å². The van der Waals surface area contributed by atoms with Gasteiger partial charge in [-0.2, -0.15) is 10.4 Å². The predicted molar refractivity (Wildman–Crippen MR) is 39.0 cm³/mol. The highest BCUT2D eigenvalue weighted by Crippen LogP contribution is 1.98.